The summed E-state index contributed by atoms with van der Waals surface area (Å²) in [6, 6.07) is 13.3. The summed E-state index contributed by atoms with van der Waals surface area (Å²) in [5.74, 6) is 0.748. The predicted molar refractivity (Wildman–Crippen MR) is 108 cm³/mol. The molecule has 0 aliphatic carbocycles. The first-order valence-electron chi connectivity index (χ1n) is 8.29. The van der Waals surface area contributed by atoms with Crippen molar-refractivity contribution in [2.45, 2.75) is 6.42 Å². The molecule has 134 valence electrons. The van der Waals surface area contributed by atoms with Crippen molar-refractivity contribution in [1.82, 2.24) is 20.4 Å². The quantitative estimate of drug-likeness (QED) is 0.439. The summed E-state index contributed by atoms with van der Waals surface area (Å²) in [6.07, 6.45) is 0.791. The first-order valence-corrected chi connectivity index (χ1v) is 9.86. The first-order chi connectivity index (χ1) is 13.2. The van der Waals surface area contributed by atoms with Gasteiger partial charge in [0.2, 0.25) is 0 Å². The third kappa shape index (κ3) is 2.90. The number of halogens is 2. The average molecular weight is 415 g/mol. The molecule has 0 saturated heterocycles. The minimum atomic E-state index is 0.443. The van der Waals surface area contributed by atoms with Crippen LogP contribution in [0.5, 0.6) is 5.75 Å². The number of hydrogen-bond donors (Lipinski definition) is 1. The van der Waals surface area contributed by atoms with Crippen LogP contribution in [-0.4, -0.2) is 27.0 Å². The van der Waals surface area contributed by atoms with Crippen LogP contribution in [0.3, 0.4) is 0 Å². The number of ether oxygens (including phenoxy) is 1. The van der Waals surface area contributed by atoms with Crippen molar-refractivity contribution in [3.05, 3.63) is 58.2 Å². The maximum Gasteiger partial charge on any atom is 0.146 e. The van der Waals surface area contributed by atoms with Crippen LogP contribution in [0.25, 0.3) is 32.4 Å². The highest BCUT2D eigenvalue weighted by atomic mass is 35.5. The van der Waals surface area contributed by atoms with Crippen LogP contribution < -0.4 is 4.74 Å². The number of rotatable bonds is 2. The van der Waals surface area contributed by atoms with Gasteiger partial charge in [-0.1, -0.05) is 41.4 Å². The van der Waals surface area contributed by atoms with Gasteiger partial charge in [-0.05, 0) is 29.8 Å². The molecule has 1 aromatic carbocycles. The fourth-order valence-electron chi connectivity index (χ4n) is 3.15. The molecule has 0 spiro atoms. The van der Waals surface area contributed by atoms with Crippen molar-refractivity contribution in [3.63, 3.8) is 0 Å². The van der Waals surface area contributed by atoms with Gasteiger partial charge < -0.3 is 4.74 Å². The van der Waals surface area contributed by atoms with Crippen molar-refractivity contribution in [2.24, 2.45) is 0 Å². The summed E-state index contributed by atoms with van der Waals surface area (Å²) < 4.78 is 5.82. The topological polar surface area (TPSA) is 63.7 Å². The lowest BCUT2D eigenvalue weighted by Crippen LogP contribution is -1.98. The maximum atomic E-state index is 6.36. The van der Waals surface area contributed by atoms with E-state index in [0.717, 1.165) is 50.1 Å². The molecule has 4 heterocycles. The SMILES string of the molecule is Clc1ccc2c(n1)-c1sc(-c3n[nH]nc3-c3ccccc3Cl)cc1CCO2. The Kier molecular flexibility index (Phi) is 4.11. The molecule has 8 heteroatoms. The lowest BCUT2D eigenvalue weighted by atomic mass is 10.1. The van der Waals surface area contributed by atoms with Crippen molar-refractivity contribution >= 4 is 34.5 Å². The molecule has 27 heavy (non-hydrogen) atoms. The van der Waals surface area contributed by atoms with E-state index in [4.69, 9.17) is 27.9 Å². The molecule has 0 saturated carbocycles. The van der Waals surface area contributed by atoms with Gasteiger partial charge in [0.1, 0.15) is 28.0 Å². The van der Waals surface area contributed by atoms with Crippen molar-refractivity contribution in [2.75, 3.05) is 6.61 Å². The zero-order valence-corrected chi connectivity index (χ0v) is 16.2. The highest BCUT2D eigenvalue weighted by molar-refractivity contribution is 7.19. The minimum absolute atomic E-state index is 0.443. The van der Waals surface area contributed by atoms with Crippen molar-refractivity contribution in [1.29, 1.82) is 0 Å². The molecule has 1 aliphatic rings. The van der Waals surface area contributed by atoms with E-state index in [9.17, 15) is 0 Å². The van der Waals surface area contributed by atoms with Crippen LogP contribution >= 0.6 is 34.5 Å². The van der Waals surface area contributed by atoms with E-state index in [-0.39, 0.29) is 0 Å². The second kappa shape index (κ2) is 6.64. The zero-order valence-electron chi connectivity index (χ0n) is 13.9. The highest BCUT2D eigenvalue weighted by Crippen LogP contribution is 2.44. The standard InChI is InChI=1S/C19H12Cl2N4OS/c20-12-4-2-1-3-11(12)16-18(24-25-23-16)14-9-10-7-8-26-13-5-6-15(21)22-17(13)19(10)27-14/h1-6,9H,7-8H2,(H,23,24,25). The monoisotopic (exact) mass is 414 g/mol. The Bertz CT molecular complexity index is 1150. The molecule has 4 aromatic rings. The molecule has 5 nitrogen and oxygen atoms in total. The molecule has 0 bridgehead atoms. The van der Waals surface area contributed by atoms with Crippen LogP contribution in [-0.2, 0) is 6.42 Å². The van der Waals surface area contributed by atoms with E-state index in [2.05, 4.69) is 26.5 Å². The Balaban J connectivity index is 1.66. The van der Waals surface area contributed by atoms with E-state index >= 15 is 0 Å². The van der Waals surface area contributed by atoms with Gasteiger partial charge in [-0.25, -0.2) is 4.98 Å². The second-order valence-corrected chi connectivity index (χ2v) is 7.89. The smallest absolute Gasteiger partial charge is 0.146 e. The third-order valence-corrected chi connectivity index (χ3v) is 6.12. The molecule has 1 N–H and O–H groups in total. The number of aromatic amines is 1. The van der Waals surface area contributed by atoms with E-state index in [1.54, 1.807) is 17.4 Å². The number of hydrogen-bond acceptors (Lipinski definition) is 5. The fourth-order valence-corrected chi connectivity index (χ4v) is 4.72. The summed E-state index contributed by atoms with van der Waals surface area (Å²) in [4.78, 5) is 6.54. The lowest BCUT2D eigenvalue weighted by molar-refractivity contribution is 0.325. The Morgan fingerprint density at radius 3 is 2.74 bits per heavy atom. The van der Waals surface area contributed by atoms with Gasteiger partial charge in [-0.3, -0.25) is 0 Å². The zero-order chi connectivity index (χ0) is 18.4. The van der Waals surface area contributed by atoms with Gasteiger partial charge in [0.25, 0.3) is 0 Å². The number of aromatic nitrogens is 4. The molecule has 0 amide bonds. The van der Waals surface area contributed by atoms with Gasteiger partial charge >= 0.3 is 0 Å². The van der Waals surface area contributed by atoms with Gasteiger partial charge in [0.15, 0.2) is 0 Å². The van der Waals surface area contributed by atoms with Crippen molar-refractivity contribution in [3.8, 4) is 38.1 Å². The maximum absolute atomic E-state index is 6.36. The van der Waals surface area contributed by atoms with E-state index in [1.165, 1.54) is 0 Å². The Morgan fingerprint density at radius 2 is 1.85 bits per heavy atom. The molecule has 0 fully saturated rings. The van der Waals surface area contributed by atoms with E-state index < -0.39 is 0 Å². The van der Waals surface area contributed by atoms with Gasteiger partial charge in [0.05, 0.1) is 21.4 Å². The van der Waals surface area contributed by atoms with E-state index in [0.29, 0.717) is 16.8 Å². The molecular weight excluding hydrogens is 403 g/mol. The Labute approximate surface area is 168 Å². The van der Waals surface area contributed by atoms with Crippen LogP contribution in [0.2, 0.25) is 10.2 Å². The fraction of sp³-hybridized carbons (Fsp3) is 0.105. The van der Waals surface area contributed by atoms with Gasteiger partial charge in [-0.2, -0.15) is 15.4 Å². The van der Waals surface area contributed by atoms with Gasteiger partial charge in [0, 0.05) is 12.0 Å². The Morgan fingerprint density at radius 1 is 1.00 bits per heavy atom. The average Bonchev–Trinajstić information content (AvgIpc) is 3.27. The summed E-state index contributed by atoms with van der Waals surface area (Å²) in [5.41, 5.74) is 4.28. The summed E-state index contributed by atoms with van der Waals surface area (Å²) >= 11 is 14.1. The van der Waals surface area contributed by atoms with Crippen LogP contribution in [0.15, 0.2) is 42.5 Å². The third-order valence-electron chi connectivity index (χ3n) is 4.39. The number of thiophene rings is 1. The van der Waals surface area contributed by atoms with Crippen LogP contribution in [0.1, 0.15) is 5.56 Å². The molecule has 1 aliphatic heterocycles. The van der Waals surface area contributed by atoms with Crippen LogP contribution in [0.4, 0.5) is 0 Å². The number of pyridine rings is 1. The molecule has 0 atom stereocenters. The lowest BCUT2D eigenvalue weighted by Gasteiger charge is -2.06. The number of fused-ring (bicyclic) bond motifs is 3. The molecule has 0 unspecified atom stereocenters. The first kappa shape index (κ1) is 16.7. The summed E-state index contributed by atoms with van der Waals surface area (Å²) in [5, 5.41) is 12.5. The van der Waals surface area contributed by atoms with Crippen LogP contribution in [0, 0.1) is 0 Å². The molecule has 0 radical (unpaired) electrons. The number of H-pyrrole nitrogens is 1. The summed E-state index contributed by atoms with van der Waals surface area (Å²) in [7, 11) is 0. The molecular formula is C19H12Cl2N4OS. The minimum Gasteiger partial charge on any atom is -0.491 e. The predicted octanol–water partition coefficient (Wildman–Crippen LogP) is 5.50. The highest BCUT2D eigenvalue weighted by Gasteiger charge is 2.24. The number of nitrogens with one attached hydrogen (secondary N) is 1. The van der Waals surface area contributed by atoms with E-state index in [1.807, 2.05) is 30.3 Å². The largest absolute Gasteiger partial charge is 0.491 e. The second-order valence-electron chi connectivity index (χ2n) is 6.04. The number of benzene rings is 1. The Hall–Kier alpha value is -2.41. The van der Waals surface area contributed by atoms with Gasteiger partial charge in [-0.15, -0.1) is 11.3 Å². The normalized spacial score (nSPS) is 12.8. The molecule has 5 rings (SSSR count). The number of nitrogens with zero attached hydrogens (tertiary/aromatic N) is 3. The van der Waals surface area contributed by atoms with Crippen molar-refractivity contribution < 1.29 is 4.74 Å². The summed E-state index contributed by atoms with van der Waals surface area (Å²) in [6.45, 7) is 0.593. The molecule has 3 aromatic heterocycles.